The molecule has 0 spiro atoms. The molecule has 0 amide bonds. The summed E-state index contributed by atoms with van der Waals surface area (Å²) in [5, 5.41) is 3.68. The van der Waals surface area contributed by atoms with Gasteiger partial charge in [0.25, 0.3) is 0 Å². The summed E-state index contributed by atoms with van der Waals surface area (Å²) in [6.45, 7) is 5.69. The zero-order valence-corrected chi connectivity index (χ0v) is 11.1. The molecule has 0 saturated heterocycles. The van der Waals surface area contributed by atoms with Gasteiger partial charge in [0.05, 0.1) is 7.11 Å². The van der Waals surface area contributed by atoms with Crippen molar-refractivity contribution in [1.82, 2.24) is 5.32 Å². The van der Waals surface area contributed by atoms with E-state index in [9.17, 15) is 0 Å². The summed E-state index contributed by atoms with van der Waals surface area (Å²) in [6.07, 6.45) is 4.00. The Morgan fingerprint density at radius 2 is 2.00 bits per heavy atom. The Morgan fingerprint density at radius 1 is 1.29 bits per heavy atom. The second-order valence-corrected chi connectivity index (χ2v) is 5.66. The standard InChI is InChI=1S/C15H23NO/c1-15(2)10-4-5-14(15)16-11-12-6-8-13(17-3)9-7-12/h6-9,14,16H,4-5,10-11H2,1-3H3. The summed E-state index contributed by atoms with van der Waals surface area (Å²) < 4.78 is 5.16. The van der Waals surface area contributed by atoms with Gasteiger partial charge in [-0.3, -0.25) is 0 Å². The van der Waals surface area contributed by atoms with Crippen molar-refractivity contribution in [1.29, 1.82) is 0 Å². The van der Waals surface area contributed by atoms with Crippen LogP contribution in [0.15, 0.2) is 24.3 Å². The molecule has 1 aromatic carbocycles. The van der Waals surface area contributed by atoms with Crippen LogP contribution in [0, 0.1) is 5.41 Å². The molecule has 94 valence electrons. The highest BCUT2D eigenvalue weighted by Gasteiger charge is 2.33. The van der Waals surface area contributed by atoms with Crippen molar-refractivity contribution in [3.05, 3.63) is 29.8 Å². The van der Waals surface area contributed by atoms with E-state index in [1.165, 1.54) is 24.8 Å². The van der Waals surface area contributed by atoms with Crippen molar-refractivity contribution >= 4 is 0 Å². The molecule has 1 aromatic rings. The normalized spacial score (nSPS) is 22.6. The van der Waals surface area contributed by atoms with Crippen molar-refractivity contribution < 1.29 is 4.74 Å². The van der Waals surface area contributed by atoms with E-state index >= 15 is 0 Å². The van der Waals surface area contributed by atoms with Crippen molar-refractivity contribution in [2.45, 2.75) is 45.7 Å². The van der Waals surface area contributed by atoms with Crippen LogP contribution in [0.1, 0.15) is 38.7 Å². The van der Waals surface area contributed by atoms with E-state index < -0.39 is 0 Å². The summed E-state index contributed by atoms with van der Waals surface area (Å²) in [6, 6.07) is 8.97. The number of hydrogen-bond donors (Lipinski definition) is 1. The third-order valence-corrected chi connectivity index (χ3v) is 3.97. The van der Waals surface area contributed by atoms with Crippen LogP contribution in [0.3, 0.4) is 0 Å². The zero-order valence-electron chi connectivity index (χ0n) is 11.1. The lowest BCUT2D eigenvalue weighted by molar-refractivity contribution is 0.282. The van der Waals surface area contributed by atoms with E-state index in [-0.39, 0.29) is 0 Å². The SMILES string of the molecule is COc1ccc(CNC2CCCC2(C)C)cc1. The number of rotatable bonds is 4. The van der Waals surface area contributed by atoms with Gasteiger partial charge in [-0.15, -0.1) is 0 Å². The number of benzene rings is 1. The summed E-state index contributed by atoms with van der Waals surface area (Å²) in [5.74, 6) is 0.926. The van der Waals surface area contributed by atoms with Gasteiger partial charge in [-0.1, -0.05) is 32.4 Å². The van der Waals surface area contributed by atoms with E-state index in [2.05, 4.69) is 31.3 Å². The van der Waals surface area contributed by atoms with Crippen LogP contribution in [0.25, 0.3) is 0 Å². The van der Waals surface area contributed by atoms with Crippen LogP contribution in [0.4, 0.5) is 0 Å². The van der Waals surface area contributed by atoms with Crippen LogP contribution < -0.4 is 10.1 Å². The van der Waals surface area contributed by atoms with Gasteiger partial charge in [0.1, 0.15) is 5.75 Å². The second-order valence-electron chi connectivity index (χ2n) is 5.66. The Hall–Kier alpha value is -1.02. The van der Waals surface area contributed by atoms with Crippen molar-refractivity contribution in [2.75, 3.05) is 7.11 Å². The highest BCUT2D eigenvalue weighted by atomic mass is 16.5. The van der Waals surface area contributed by atoms with Crippen molar-refractivity contribution in [3.63, 3.8) is 0 Å². The third-order valence-electron chi connectivity index (χ3n) is 3.97. The maximum atomic E-state index is 5.16. The van der Waals surface area contributed by atoms with Crippen molar-refractivity contribution in [3.8, 4) is 5.75 Å². The molecule has 1 N–H and O–H groups in total. The predicted molar refractivity (Wildman–Crippen MR) is 71.3 cm³/mol. The average molecular weight is 233 g/mol. The van der Waals surface area contributed by atoms with E-state index in [0.717, 1.165) is 12.3 Å². The van der Waals surface area contributed by atoms with E-state index in [1.807, 2.05) is 12.1 Å². The number of nitrogens with one attached hydrogen (secondary N) is 1. The van der Waals surface area contributed by atoms with Crippen LogP contribution >= 0.6 is 0 Å². The molecule has 1 saturated carbocycles. The smallest absolute Gasteiger partial charge is 0.118 e. The number of ether oxygens (including phenoxy) is 1. The molecular formula is C15H23NO. The van der Waals surface area contributed by atoms with E-state index in [1.54, 1.807) is 7.11 Å². The molecule has 17 heavy (non-hydrogen) atoms. The molecule has 0 heterocycles. The minimum atomic E-state index is 0.451. The maximum absolute atomic E-state index is 5.16. The van der Waals surface area contributed by atoms with E-state index in [4.69, 9.17) is 4.74 Å². The van der Waals surface area contributed by atoms with Gasteiger partial charge < -0.3 is 10.1 Å². The third kappa shape index (κ3) is 3.01. The van der Waals surface area contributed by atoms with Crippen LogP contribution in [0.2, 0.25) is 0 Å². The minimum Gasteiger partial charge on any atom is -0.497 e. The molecule has 1 aliphatic rings. The number of hydrogen-bond acceptors (Lipinski definition) is 2. The first-order valence-electron chi connectivity index (χ1n) is 6.48. The van der Waals surface area contributed by atoms with Crippen molar-refractivity contribution in [2.24, 2.45) is 5.41 Å². The molecule has 2 nitrogen and oxygen atoms in total. The largest absolute Gasteiger partial charge is 0.497 e. The molecule has 1 aliphatic carbocycles. The Morgan fingerprint density at radius 3 is 2.53 bits per heavy atom. The quantitative estimate of drug-likeness (QED) is 0.861. The van der Waals surface area contributed by atoms with Gasteiger partial charge in [-0.2, -0.15) is 0 Å². The molecule has 1 atom stereocenters. The second kappa shape index (κ2) is 5.09. The van der Waals surface area contributed by atoms with E-state index in [0.29, 0.717) is 11.5 Å². The fourth-order valence-corrected chi connectivity index (χ4v) is 2.69. The Balaban J connectivity index is 1.89. The predicted octanol–water partition coefficient (Wildman–Crippen LogP) is 3.36. The summed E-state index contributed by atoms with van der Waals surface area (Å²) in [4.78, 5) is 0. The maximum Gasteiger partial charge on any atom is 0.118 e. The molecule has 2 heteroatoms. The first-order valence-corrected chi connectivity index (χ1v) is 6.48. The lowest BCUT2D eigenvalue weighted by Crippen LogP contribution is -2.37. The minimum absolute atomic E-state index is 0.451. The lowest BCUT2D eigenvalue weighted by Gasteiger charge is -2.28. The Labute approximate surface area is 104 Å². The molecule has 0 aromatic heterocycles. The Kier molecular flexibility index (Phi) is 3.72. The van der Waals surface area contributed by atoms with Gasteiger partial charge in [0.2, 0.25) is 0 Å². The summed E-state index contributed by atoms with van der Waals surface area (Å²) >= 11 is 0. The summed E-state index contributed by atoms with van der Waals surface area (Å²) in [7, 11) is 1.70. The average Bonchev–Trinajstić information content (AvgIpc) is 2.66. The van der Waals surface area contributed by atoms with Gasteiger partial charge in [0, 0.05) is 12.6 Å². The molecule has 1 fully saturated rings. The highest BCUT2D eigenvalue weighted by Crippen LogP contribution is 2.37. The molecule has 0 radical (unpaired) electrons. The van der Waals surface area contributed by atoms with Gasteiger partial charge in [0.15, 0.2) is 0 Å². The fourth-order valence-electron chi connectivity index (χ4n) is 2.69. The van der Waals surface area contributed by atoms with Crippen LogP contribution in [0.5, 0.6) is 5.75 Å². The summed E-state index contributed by atoms with van der Waals surface area (Å²) in [5.41, 5.74) is 1.78. The van der Waals surface area contributed by atoms with Gasteiger partial charge in [-0.05, 0) is 36.0 Å². The van der Waals surface area contributed by atoms with Gasteiger partial charge in [-0.25, -0.2) is 0 Å². The first-order chi connectivity index (χ1) is 8.12. The molecule has 2 rings (SSSR count). The first kappa shape index (κ1) is 12.4. The Bertz CT molecular complexity index is 356. The lowest BCUT2D eigenvalue weighted by atomic mass is 9.87. The van der Waals surface area contributed by atoms with Crippen LogP contribution in [-0.4, -0.2) is 13.2 Å². The molecule has 1 unspecified atom stereocenters. The highest BCUT2D eigenvalue weighted by molar-refractivity contribution is 5.27. The molecule has 0 aliphatic heterocycles. The number of methoxy groups -OCH3 is 1. The van der Waals surface area contributed by atoms with Gasteiger partial charge >= 0.3 is 0 Å². The fraction of sp³-hybridized carbons (Fsp3) is 0.600. The molecule has 0 bridgehead atoms. The molecular weight excluding hydrogens is 210 g/mol. The van der Waals surface area contributed by atoms with Crippen LogP contribution in [-0.2, 0) is 6.54 Å². The topological polar surface area (TPSA) is 21.3 Å². The zero-order chi connectivity index (χ0) is 12.3. The monoisotopic (exact) mass is 233 g/mol.